The maximum absolute atomic E-state index is 11.5. The lowest BCUT2D eigenvalue weighted by atomic mass is 9.84. The molecule has 0 heterocycles. The lowest BCUT2D eigenvalue weighted by Gasteiger charge is -2.25. The normalized spacial score (nSPS) is 40.4. The monoisotopic (exact) mass is 278 g/mol. The molecule has 0 aromatic rings. The molecule has 3 fully saturated rings. The largest absolute Gasteiger partial charge is 0.392 e. The number of carbonyl (C=O) groups is 1. The molecule has 3 aliphatic rings. The van der Waals surface area contributed by atoms with E-state index in [1.54, 1.807) is 0 Å². The summed E-state index contributed by atoms with van der Waals surface area (Å²) in [5.74, 6) is 1.49. The highest BCUT2D eigenvalue weighted by atomic mass is 16.3. The Bertz CT molecular complexity index is 384. The van der Waals surface area contributed by atoms with Gasteiger partial charge in [-0.15, -0.1) is 0 Å². The van der Waals surface area contributed by atoms with Crippen molar-refractivity contribution in [2.24, 2.45) is 23.7 Å². The topological polar surface area (TPSA) is 57.5 Å². The van der Waals surface area contributed by atoms with E-state index in [1.165, 1.54) is 19.3 Å². The van der Waals surface area contributed by atoms with Crippen molar-refractivity contribution in [1.29, 1.82) is 0 Å². The summed E-state index contributed by atoms with van der Waals surface area (Å²) >= 11 is 0. The summed E-state index contributed by atoms with van der Waals surface area (Å²) in [7, 11) is 0. The second-order valence-electron chi connectivity index (χ2n) is 7.02. The average molecular weight is 278 g/mol. The third-order valence-electron chi connectivity index (χ3n) is 5.70. The first-order valence-electron chi connectivity index (χ1n) is 8.21. The first-order valence-corrected chi connectivity index (χ1v) is 8.21. The van der Waals surface area contributed by atoms with Crippen LogP contribution in [0.1, 0.15) is 51.4 Å². The molecule has 0 saturated heterocycles. The second kappa shape index (κ2) is 5.98. The Morgan fingerprint density at radius 2 is 1.90 bits per heavy atom. The molecule has 0 aromatic carbocycles. The molecule has 2 N–H and O–H groups in total. The minimum absolute atomic E-state index is 0.0738. The summed E-state index contributed by atoms with van der Waals surface area (Å²) in [4.78, 5) is 11.5. The van der Waals surface area contributed by atoms with Crippen molar-refractivity contribution in [3.05, 3.63) is 12.2 Å². The quantitative estimate of drug-likeness (QED) is 0.780. The van der Waals surface area contributed by atoms with Gasteiger partial charge in [0.2, 0.25) is 0 Å². The van der Waals surface area contributed by atoms with E-state index < -0.39 is 0 Å². The van der Waals surface area contributed by atoms with Gasteiger partial charge < -0.3 is 10.2 Å². The summed E-state index contributed by atoms with van der Waals surface area (Å²) in [5.41, 5.74) is 0. The molecule has 3 saturated carbocycles. The molecule has 0 aliphatic heterocycles. The Morgan fingerprint density at radius 1 is 1.15 bits per heavy atom. The smallest absolute Gasteiger partial charge is 0.133 e. The predicted octanol–water partition coefficient (Wildman–Crippen LogP) is 2.46. The van der Waals surface area contributed by atoms with E-state index in [0.717, 1.165) is 19.3 Å². The fraction of sp³-hybridized carbons (Fsp3) is 0.824. The zero-order chi connectivity index (χ0) is 14.1. The highest BCUT2D eigenvalue weighted by Gasteiger charge is 2.46. The average Bonchev–Trinajstić information content (AvgIpc) is 2.92. The Balaban J connectivity index is 1.61. The fourth-order valence-electron chi connectivity index (χ4n) is 4.56. The molecule has 112 valence electrons. The maximum atomic E-state index is 11.5. The SMILES string of the molecule is O=C1C[C@@H]2C[C@@H](O)[C@H](C=C[C@@H](O)C3CCCCC3)[C@@H]2C1. The van der Waals surface area contributed by atoms with Gasteiger partial charge in [-0.25, -0.2) is 0 Å². The van der Waals surface area contributed by atoms with E-state index in [0.29, 0.717) is 36.4 Å². The van der Waals surface area contributed by atoms with Crippen molar-refractivity contribution >= 4 is 5.78 Å². The predicted molar refractivity (Wildman–Crippen MR) is 77.1 cm³/mol. The molecular weight excluding hydrogens is 252 g/mol. The van der Waals surface area contributed by atoms with Crippen LogP contribution in [0.15, 0.2) is 12.2 Å². The van der Waals surface area contributed by atoms with Crippen molar-refractivity contribution in [3.8, 4) is 0 Å². The minimum Gasteiger partial charge on any atom is -0.392 e. The van der Waals surface area contributed by atoms with Crippen LogP contribution in [-0.4, -0.2) is 28.2 Å². The molecule has 0 amide bonds. The van der Waals surface area contributed by atoms with Crippen molar-refractivity contribution in [3.63, 3.8) is 0 Å². The van der Waals surface area contributed by atoms with Crippen LogP contribution in [0.25, 0.3) is 0 Å². The number of fused-ring (bicyclic) bond motifs is 1. The van der Waals surface area contributed by atoms with Gasteiger partial charge in [-0.1, -0.05) is 31.4 Å². The number of ketones is 1. The minimum atomic E-state index is -0.376. The maximum Gasteiger partial charge on any atom is 0.133 e. The van der Waals surface area contributed by atoms with E-state index in [4.69, 9.17) is 0 Å². The molecule has 0 aromatic heterocycles. The van der Waals surface area contributed by atoms with Gasteiger partial charge in [-0.05, 0) is 37.0 Å². The van der Waals surface area contributed by atoms with E-state index in [9.17, 15) is 15.0 Å². The fourth-order valence-corrected chi connectivity index (χ4v) is 4.56. The first-order chi connectivity index (χ1) is 9.65. The van der Waals surface area contributed by atoms with E-state index in [1.807, 2.05) is 12.2 Å². The van der Waals surface area contributed by atoms with E-state index in [-0.39, 0.29) is 18.1 Å². The molecular formula is C17H26O3. The standard InChI is InChI=1S/C17H26O3/c18-13-8-12-9-17(20)14(15(12)10-13)6-7-16(19)11-4-2-1-3-5-11/h6-7,11-12,14-17,19-20H,1-5,8-10H2/t12-,14-,15-,16-,17-/m1/s1. The molecule has 0 unspecified atom stereocenters. The molecule has 20 heavy (non-hydrogen) atoms. The van der Waals surface area contributed by atoms with Crippen LogP contribution in [0, 0.1) is 23.7 Å². The summed E-state index contributed by atoms with van der Waals surface area (Å²) in [5, 5.41) is 20.4. The van der Waals surface area contributed by atoms with Gasteiger partial charge in [0, 0.05) is 18.8 Å². The third kappa shape index (κ3) is 2.84. The van der Waals surface area contributed by atoms with Crippen LogP contribution in [0.5, 0.6) is 0 Å². The van der Waals surface area contributed by atoms with Crippen LogP contribution in [-0.2, 0) is 4.79 Å². The van der Waals surface area contributed by atoms with Gasteiger partial charge in [0.05, 0.1) is 12.2 Å². The number of aliphatic hydroxyl groups excluding tert-OH is 2. The molecule has 0 spiro atoms. The van der Waals surface area contributed by atoms with Crippen molar-refractivity contribution in [2.75, 3.05) is 0 Å². The van der Waals surface area contributed by atoms with Crippen LogP contribution < -0.4 is 0 Å². The number of aliphatic hydroxyl groups is 2. The van der Waals surface area contributed by atoms with Gasteiger partial charge in [0.15, 0.2) is 0 Å². The zero-order valence-electron chi connectivity index (χ0n) is 12.1. The summed E-state index contributed by atoms with van der Waals surface area (Å²) < 4.78 is 0. The molecule has 3 heteroatoms. The third-order valence-corrected chi connectivity index (χ3v) is 5.70. The molecule has 3 rings (SSSR count). The summed E-state index contributed by atoms with van der Waals surface area (Å²) in [6.45, 7) is 0. The van der Waals surface area contributed by atoms with Crippen LogP contribution in [0.2, 0.25) is 0 Å². The number of Topliss-reactive ketones (excluding diaryl/α,β-unsaturated/α-hetero) is 1. The molecule has 0 radical (unpaired) electrons. The van der Waals surface area contributed by atoms with Crippen LogP contribution in [0.3, 0.4) is 0 Å². The Labute approximate surface area is 121 Å². The van der Waals surface area contributed by atoms with Gasteiger partial charge in [-0.3, -0.25) is 4.79 Å². The Kier molecular flexibility index (Phi) is 4.27. The van der Waals surface area contributed by atoms with Crippen LogP contribution >= 0.6 is 0 Å². The van der Waals surface area contributed by atoms with Gasteiger partial charge in [0.1, 0.15) is 5.78 Å². The summed E-state index contributed by atoms with van der Waals surface area (Å²) in [6.07, 6.45) is 11.2. The Morgan fingerprint density at radius 3 is 2.65 bits per heavy atom. The molecule has 5 atom stereocenters. The first kappa shape index (κ1) is 14.3. The van der Waals surface area contributed by atoms with Crippen molar-refractivity contribution in [2.45, 2.75) is 63.6 Å². The lowest BCUT2D eigenvalue weighted by Crippen LogP contribution is -2.22. The highest BCUT2D eigenvalue weighted by Crippen LogP contribution is 2.47. The van der Waals surface area contributed by atoms with Crippen molar-refractivity contribution in [1.82, 2.24) is 0 Å². The van der Waals surface area contributed by atoms with Gasteiger partial charge in [-0.2, -0.15) is 0 Å². The molecule has 0 bridgehead atoms. The van der Waals surface area contributed by atoms with E-state index in [2.05, 4.69) is 0 Å². The number of hydrogen-bond donors (Lipinski definition) is 2. The van der Waals surface area contributed by atoms with E-state index >= 15 is 0 Å². The second-order valence-corrected chi connectivity index (χ2v) is 7.02. The Hall–Kier alpha value is -0.670. The lowest BCUT2D eigenvalue weighted by molar-refractivity contribution is -0.118. The summed E-state index contributed by atoms with van der Waals surface area (Å²) in [6, 6.07) is 0. The number of rotatable bonds is 3. The number of carbonyl (C=O) groups excluding carboxylic acids is 1. The van der Waals surface area contributed by atoms with Gasteiger partial charge in [0.25, 0.3) is 0 Å². The highest BCUT2D eigenvalue weighted by molar-refractivity contribution is 5.81. The van der Waals surface area contributed by atoms with Gasteiger partial charge >= 0.3 is 0 Å². The molecule has 3 nitrogen and oxygen atoms in total. The van der Waals surface area contributed by atoms with Crippen LogP contribution in [0.4, 0.5) is 0 Å². The zero-order valence-corrected chi connectivity index (χ0v) is 12.1. The number of hydrogen-bond acceptors (Lipinski definition) is 3. The molecule has 3 aliphatic carbocycles. The van der Waals surface area contributed by atoms with Crippen molar-refractivity contribution < 1.29 is 15.0 Å².